The largest absolute Gasteiger partial charge is 0.113 e. The first-order valence-corrected chi connectivity index (χ1v) is 5.80. The number of hydrogen-bond acceptors (Lipinski definition) is 0. The molecule has 0 nitrogen and oxygen atoms in total. The predicted octanol–water partition coefficient (Wildman–Crippen LogP) is 4.41. The second kappa shape index (κ2) is 3.80. The third-order valence-corrected chi connectivity index (χ3v) is 3.31. The van der Waals surface area contributed by atoms with Crippen molar-refractivity contribution >= 4 is 17.2 Å². The van der Waals surface area contributed by atoms with Crippen LogP contribution in [0, 0.1) is 0 Å². The van der Waals surface area contributed by atoms with Crippen LogP contribution >= 0.6 is 11.6 Å². The lowest BCUT2D eigenvalue weighted by Crippen LogP contribution is -1.86. The van der Waals surface area contributed by atoms with Gasteiger partial charge in [0, 0.05) is 0 Å². The van der Waals surface area contributed by atoms with E-state index in [0.717, 1.165) is 0 Å². The summed E-state index contributed by atoms with van der Waals surface area (Å²) in [5, 5.41) is 0.00593. The molecule has 16 heavy (non-hydrogen) atoms. The summed E-state index contributed by atoms with van der Waals surface area (Å²) in [5.74, 6) is 0. The van der Waals surface area contributed by atoms with E-state index in [1.165, 1.54) is 22.3 Å². The van der Waals surface area contributed by atoms with Crippen molar-refractivity contribution < 1.29 is 0 Å². The molecular weight excluding hydrogens is 216 g/mol. The molecule has 0 saturated carbocycles. The third-order valence-electron chi connectivity index (χ3n) is 2.95. The van der Waals surface area contributed by atoms with Gasteiger partial charge < -0.3 is 0 Å². The Morgan fingerprint density at radius 3 is 2.31 bits per heavy atom. The minimum absolute atomic E-state index is 0.00593. The first-order chi connectivity index (χ1) is 7.86. The van der Waals surface area contributed by atoms with E-state index in [2.05, 4.69) is 48.5 Å². The van der Waals surface area contributed by atoms with Gasteiger partial charge in [-0.15, -0.1) is 11.6 Å². The first-order valence-electron chi connectivity index (χ1n) is 5.37. The van der Waals surface area contributed by atoms with Crippen molar-refractivity contribution in [2.24, 2.45) is 0 Å². The van der Waals surface area contributed by atoms with Gasteiger partial charge >= 0.3 is 0 Å². The Labute approximate surface area is 100 Å². The molecule has 3 rings (SSSR count). The van der Waals surface area contributed by atoms with Crippen molar-refractivity contribution in [3.8, 4) is 0 Å². The van der Waals surface area contributed by atoms with Crippen LogP contribution in [0.4, 0.5) is 0 Å². The summed E-state index contributed by atoms with van der Waals surface area (Å²) in [5.41, 5.74) is 4.95. The van der Waals surface area contributed by atoms with Gasteiger partial charge in [-0.3, -0.25) is 0 Å². The molecule has 0 amide bonds. The molecule has 1 unspecified atom stereocenters. The van der Waals surface area contributed by atoms with Gasteiger partial charge in [0.1, 0.15) is 0 Å². The SMILES string of the molecule is ClC1C=C(c2ccccc2)c2ccccc21. The lowest BCUT2D eigenvalue weighted by atomic mass is 9.99. The van der Waals surface area contributed by atoms with Crippen LogP contribution < -0.4 is 0 Å². The van der Waals surface area contributed by atoms with Gasteiger partial charge in [-0.25, -0.2) is 0 Å². The molecule has 0 radical (unpaired) electrons. The van der Waals surface area contributed by atoms with Crippen molar-refractivity contribution in [2.75, 3.05) is 0 Å². The van der Waals surface area contributed by atoms with Gasteiger partial charge in [-0.2, -0.15) is 0 Å². The minimum atomic E-state index is 0.00593. The zero-order valence-corrected chi connectivity index (χ0v) is 9.48. The number of rotatable bonds is 1. The molecule has 1 heteroatoms. The van der Waals surface area contributed by atoms with Crippen LogP contribution in [0.25, 0.3) is 5.57 Å². The van der Waals surface area contributed by atoms with Crippen LogP contribution in [-0.4, -0.2) is 0 Å². The highest BCUT2D eigenvalue weighted by atomic mass is 35.5. The smallest absolute Gasteiger partial charge is 0.0781 e. The fourth-order valence-corrected chi connectivity index (χ4v) is 2.49. The maximum Gasteiger partial charge on any atom is 0.0781 e. The van der Waals surface area contributed by atoms with Gasteiger partial charge in [0.2, 0.25) is 0 Å². The Balaban J connectivity index is 2.15. The normalized spacial score (nSPS) is 18.1. The lowest BCUT2D eigenvalue weighted by molar-refractivity contribution is 1.25. The molecule has 1 atom stereocenters. The lowest BCUT2D eigenvalue weighted by Gasteiger charge is -2.05. The minimum Gasteiger partial charge on any atom is -0.113 e. The highest BCUT2D eigenvalue weighted by molar-refractivity contribution is 6.24. The number of alkyl halides is 1. The molecule has 0 aliphatic heterocycles. The Morgan fingerprint density at radius 2 is 1.50 bits per heavy atom. The quantitative estimate of drug-likeness (QED) is 0.632. The Bertz CT molecular complexity index is 540. The second-order valence-electron chi connectivity index (χ2n) is 3.94. The van der Waals surface area contributed by atoms with E-state index in [1.807, 2.05) is 12.1 Å². The fraction of sp³-hybridized carbons (Fsp3) is 0.0667. The number of allylic oxidation sites excluding steroid dienone is 1. The highest BCUT2D eigenvalue weighted by Crippen LogP contribution is 2.41. The van der Waals surface area contributed by atoms with Crippen LogP contribution in [0.2, 0.25) is 0 Å². The van der Waals surface area contributed by atoms with Gasteiger partial charge in [0.15, 0.2) is 0 Å². The van der Waals surface area contributed by atoms with E-state index < -0.39 is 0 Å². The van der Waals surface area contributed by atoms with Crippen LogP contribution in [0.1, 0.15) is 22.1 Å². The van der Waals surface area contributed by atoms with E-state index in [0.29, 0.717) is 0 Å². The van der Waals surface area contributed by atoms with E-state index >= 15 is 0 Å². The molecular formula is C15H11Cl. The number of fused-ring (bicyclic) bond motifs is 1. The summed E-state index contributed by atoms with van der Waals surface area (Å²) in [6.07, 6.45) is 2.13. The van der Waals surface area contributed by atoms with Gasteiger partial charge in [-0.05, 0) is 22.3 Å². The molecule has 0 spiro atoms. The molecule has 0 aromatic heterocycles. The van der Waals surface area contributed by atoms with E-state index in [-0.39, 0.29) is 5.38 Å². The van der Waals surface area contributed by atoms with Crippen molar-refractivity contribution in [1.82, 2.24) is 0 Å². The summed E-state index contributed by atoms with van der Waals surface area (Å²) in [4.78, 5) is 0. The fourth-order valence-electron chi connectivity index (χ4n) is 2.18. The second-order valence-corrected chi connectivity index (χ2v) is 4.41. The molecule has 78 valence electrons. The maximum atomic E-state index is 6.31. The van der Waals surface area contributed by atoms with Crippen LogP contribution in [0.5, 0.6) is 0 Å². The molecule has 2 aromatic carbocycles. The van der Waals surface area contributed by atoms with Gasteiger partial charge in [-0.1, -0.05) is 60.7 Å². The molecule has 1 aliphatic rings. The van der Waals surface area contributed by atoms with Crippen molar-refractivity contribution in [3.05, 3.63) is 77.4 Å². The molecule has 1 aliphatic carbocycles. The zero-order valence-electron chi connectivity index (χ0n) is 8.73. The number of halogens is 1. The van der Waals surface area contributed by atoms with Crippen molar-refractivity contribution in [1.29, 1.82) is 0 Å². The van der Waals surface area contributed by atoms with E-state index in [1.54, 1.807) is 0 Å². The standard InChI is InChI=1S/C15H11Cl/c16-15-10-14(11-6-2-1-3-7-11)12-8-4-5-9-13(12)15/h1-10,15H. The Morgan fingerprint density at radius 1 is 0.812 bits per heavy atom. The highest BCUT2D eigenvalue weighted by Gasteiger charge is 2.21. The van der Waals surface area contributed by atoms with Crippen LogP contribution in [0.15, 0.2) is 60.7 Å². The average Bonchev–Trinajstić information content (AvgIpc) is 2.69. The zero-order chi connectivity index (χ0) is 11.0. The molecule has 0 fully saturated rings. The summed E-state index contributed by atoms with van der Waals surface area (Å²) in [7, 11) is 0. The first kappa shape index (κ1) is 9.68. The summed E-state index contributed by atoms with van der Waals surface area (Å²) in [6, 6.07) is 18.7. The van der Waals surface area contributed by atoms with Crippen molar-refractivity contribution in [3.63, 3.8) is 0 Å². The topological polar surface area (TPSA) is 0 Å². The Kier molecular flexibility index (Phi) is 2.30. The van der Waals surface area contributed by atoms with E-state index in [4.69, 9.17) is 11.6 Å². The molecule has 0 bridgehead atoms. The van der Waals surface area contributed by atoms with Gasteiger partial charge in [0.05, 0.1) is 5.38 Å². The molecule has 2 aromatic rings. The molecule has 0 N–H and O–H groups in total. The molecule has 0 heterocycles. The average molecular weight is 227 g/mol. The predicted molar refractivity (Wildman–Crippen MR) is 68.6 cm³/mol. The third kappa shape index (κ3) is 1.46. The monoisotopic (exact) mass is 226 g/mol. The van der Waals surface area contributed by atoms with Crippen LogP contribution in [-0.2, 0) is 0 Å². The number of hydrogen-bond donors (Lipinski definition) is 0. The summed E-state index contributed by atoms with van der Waals surface area (Å²) >= 11 is 6.31. The Hall–Kier alpha value is -1.53. The summed E-state index contributed by atoms with van der Waals surface area (Å²) < 4.78 is 0. The maximum absolute atomic E-state index is 6.31. The number of benzene rings is 2. The molecule has 0 saturated heterocycles. The van der Waals surface area contributed by atoms with E-state index in [9.17, 15) is 0 Å². The van der Waals surface area contributed by atoms with Crippen LogP contribution in [0.3, 0.4) is 0 Å². The van der Waals surface area contributed by atoms with Crippen molar-refractivity contribution in [2.45, 2.75) is 5.38 Å². The summed E-state index contributed by atoms with van der Waals surface area (Å²) in [6.45, 7) is 0. The van der Waals surface area contributed by atoms with Gasteiger partial charge in [0.25, 0.3) is 0 Å².